The zero-order valence-corrected chi connectivity index (χ0v) is 14.6. The molecule has 0 aliphatic carbocycles. The number of carboxylic acid groups (broad SMARTS) is 1. The van der Waals surface area contributed by atoms with Crippen LogP contribution in [-0.4, -0.2) is 54.2 Å². The summed E-state index contributed by atoms with van der Waals surface area (Å²) in [7, 11) is 1.60. The molecular formula is C19H23N3O3. The SMILES string of the molecule is COc1ccc(C(C(=O)O)N2CCN(c3cccc(C)n3)CC2)cc1. The molecule has 3 rings (SSSR count). The Morgan fingerprint density at radius 3 is 2.36 bits per heavy atom. The van der Waals surface area contributed by atoms with Crippen molar-refractivity contribution >= 4 is 11.8 Å². The van der Waals surface area contributed by atoms with Crippen LogP contribution in [0.4, 0.5) is 5.82 Å². The lowest BCUT2D eigenvalue weighted by molar-refractivity contribution is -0.143. The van der Waals surface area contributed by atoms with E-state index in [-0.39, 0.29) is 0 Å². The van der Waals surface area contributed by atoms with Gasteiger partial charge in [0.2, 0.25) is 0 Å². The minimum Gasteiger partial charge on any atom is -0.497 e. The van der Waals surface area contributed by atoms with E-state index in [1.807, 2.05) is 42.2 Å². The predicted octanol–water partition coefficient (Wildman–Crippen LogP) is 2.35. The summed E-state index contributed by atoms with van der Waals surface area (Å²) in [4.78, 5) is 20.6. The van der Waals surface area contributed by atoms with Gasteiger partial charge in [-0.25, -0.2) is 4.98 Å². The molecule has 0 spiro atoms. The third-order valence-corrected chi connectivity index (χ3v) is 4.54. The Morgan fingerprint density at radius 1 is 1.12 bits per heavy atom. The highest BCUT2D eigenvalue weighted by molar-refractivity contribution is 5.75. The topological polar surface area (TPSA) is 65.9 Å². The largest absolute Gasteiger partial charge is 0.497 e. The number of aliphatic carboxylic acids is 1. The molecule has 2 heterocycles. The number of rotatable bonds is 5. The van der Waals surface area contributed by atoms with Gasteiger partial charge in [-0.15, -0.1) is 0 Å². The number of ether oxygens (including phenoxy) is 1. The average Bonchev–Trinajstić information content (AvgIpc) is 2.63. The Balaban J connectivity index is 1.71. The Morgan fingerprint density at radius 2 is 1.80 bits per heavy atom. The number of anilines is 1. The number of benzene rings is 1. The minimum absolute atomic E-state index is 0.640. The fourth-order valence-electron chi connectivity index (χ4n) is 3.21. The molecule has 6 heteroatoms. The zero-order chi connectivity index (χ0) is 17.8. The van der Waals surface area contributed by atoms with Gasteiger partial charge < -0.3 is 14.7 Å². The van der Waals surface area contributed by atoms with Crippen molar-refractivity contribution in [2.75, 3.05) is 38.2 Å². The van der Waals surface area contributed by atoms with Gasteiger partial charge in [0.1, 0.15) is 17.6 Å². The molecule has 0 bridgehead atoms. The van der Waals surface area contributed by atoms with Crippen LogP contribution in [0.25, 0.3) is 0 Å². The summed E-state index contributed by atoms with van der Waals surface area (Å²) in [5, 5.41) is 9.73. The van der Waals surface area contributed by atoms with Crippen LogP contribution >= 0.6 is 0 Å². The Bertz CT molecular complexity index is 725. The summed E-state index contributed by atoms with van der Waals surface area (Å²) in [5.74, 6) is 0.853. The molecule has 1 N–H and O–H groups in total. The third kappa shape index (κ3) is 3.91. The number of aryl methyl sites for hydroxylation is 1. The first-order valence-corrected chi connectivity index (χ1v) is 8.38. The summed E-state index contributed by atoms with van der Waals surface area (Å²) in [6, 6.07) is 12.6. The van der Waals surface area contributed by atoms with E-state index in [1.54, 1.807) is 19.2 Å². The summed E-state index contributed by atoms with van der Waals surface area (Å²) in [6.45, 7) is 4.86. The number of aromatic nitrogens is 1. The first kappa shape index (κ1) is 17.2. The maximum absolute atomic E-state index is 11.9. The molecule has 1 aliphatic heterocycles. The third-order valence-electron chi connectivity index (χ3n) is 4.54. The number of nitrogens with zero attached hydrogens (tertiary/aromatic N) is 3. The standard InChI is InChI=1S/C19H23N3O3/c1-14-4-3-5-17(20-14)21-10-12-22(13-11-21)18(19(23)24)15-6-8-16(25-2)9-7-15/h3-9,18H,10-13H2,1-2H3,(H,23,24). The Hall–Kier alpha value is -2.60. The van der Waals surface area contributed by atoms with E-state index in [4.69, 9.17) is 4.74 Å². The maximum atomic E-state index is 11.9. The van der Waals surface area contributed by atoms with Gasteiger partial charge in [-0.1, -0.05) is 18.2 Å². The van der Waals surface area contributed by atoms with Gasteiger partial charge in [0.05, 0.1) is 7.11 Å². The minimum atomic E-state index is -0.827. The maximum Gasteiger partial charge on any atom is 0.325 e. The van der Waals surface area contributed by atoms with Crippen molar-refractivity contribution in [3.05, 3.63) is 53.7 Å². The highest BCUT2D eigenvalue weighted by atomic mass is 16.5. The van der Waals surface area contributed by atoms with E-state index >= 15 is 0 Å². The first-order chi connectivity index (χ1) is 12.1. The number of piperazine rings is 1. The highest BCUT2D eigenvalue weighted by Crippen LogP contribution is 2.25. The molecule has 0 radical (unpaired) electrons. The molecular weight excluding hydrogens is 318 g/mol. The number of hydrogen-bond acceptors (Lipinski definition) is 5. The molecule has 0 saturated carbocycles. The smallest absolute Gasteiger partial charge is 0.325 e. The van der Waals surface area contributed by atoms with Crippen LogP contribution < -0.4 is 9.64 Å². The lowest BCUT2D eigenvalue weighted by atomic mass is 10.0. The van der Waals surface area contributed by atoms with Crippen molar-refractivity contribution in [2.45, 2.75) is 13.0 Å². The molecule has 2 aromatic rings. The quantitative estimate of drug-likeness (QED) is 0.900. The van der Waals surface area contributed by atoms with Gasteiger partial charge in [0, 0.05) is 31.9 Å². The second-order valence-electron chi connectivity index (χ2n) is 6.17. The summed E-state index contributed by atoms with van der Waals surface area (Å²) < 4.78 is 5.15. The van der Waals surface area contributed by atoms with Gasteiger partial charge in [0.25, 0.3) is 0 Å². The monoisotopic (exact) mass is 341 g/mol. The fourth-order valence-corrected chi connectivity index (χ4v) is 3.21. The van der Waals surface area contributed by atoms with Gasteiger partial charge in [-0.05, 0) is 36.8 Å². The lowest BCUT2D eigenvalue weighted by Gasteiger charge is -2.38. The van der Waals surface area contributed by atoms with Gasteiger partial charge in [0.15, 0.2) is 0 Å². The number of carboxylic acids is 1. The molecule has 1 atom stereocenters. The molecule has 1 fully saturated rings. The fraction of sp³-hybridized carbons (Fsp3) is 0.368. The van der Waals surface area contributed by atoms with Crippen molar-refractivity contribution in [1.82, 2.24) is 9.88 Å². The zero-order valence-electron chi connectivity index (χ0n) is 14.6. The molecule has 1 unspecified atom stereocenters. The van der Waals surface area contributed by atoms with Crippen LogP contribution in [0.3, 0.4) is 0 Å². The van der Waals surface area contributed by atoms with Crippen molar-refractivity contribution in [3.8, 4) is 5.75 Å². The molecule has 1 aliphatic rings. The van der Waals surface area contributed by atoms with Gasteiger partial charge in [-0.2, -0.15) is 0 Å². The molecule has 6 nitrogen and oxygen atoms in total. The van der Waals surface area contributed by atoms with E-state index in [9.17, 15) is 9.90 Å². The van der Waals surface area contributed by atoms with Crippen molar-refractivity contribution in [3.63, 3.8) is 0 Å². The van der Waals surface area contributed by atoms with Crippen molar-refractivity contribution in [1.29, 1.82) is 0 Å². The molecule has 1 aromatic carbocycles. The van der Waals surface area contributed by atoms with E-state index in [0.717, 1.165) is 35.9 Å². The van der Waals surface area contributed by atoms with Gasteiger partial charge in [-0.3, -0.25) is 9.69 Å². The van der Waals surface area contributed by atoms with Crippen molar-refractivity contribution < 1.29 is 14.6 Å². The van der Waals surface area contributed by atoms with E-state index < -0.39 is 12.0 Å². The summed E-state index contributed by atoms with van der Waals surface area (Å²) >= 11 is 0. The van der Waals surface area contributed by atoms with Crippen molar-refractivity contribution in [2.24, 2.45) is 0 Å². The second kappa shape index (κ2) is 7.53. The van der Waals surface area contributed by atoms with Crippen LogP contribution in [0.15, 0.2) is 42.5 Å². The molecule has 25 heavy (non-hydrogen) atoms. The van der Waals surface area contributed by atoms with Crippen LogP contribution in [0.2, 0.25) is 0 Å². The molecule has 0 amide bonds. The number of hydrogen-bond donors (Lipinski definition) is 1. The normalized spacial score (nSPS) is 16.5. The van der Waals surface area contributed by atoms with Crippen LogP contribution in [0.1, 0.15) is 17.3 Å². The predicted molar refractivity (Wildman–Crippen MR) is 96.1 cm³/mol. The van der Waals surface area contributed by atoms with Gasteiger partial charge >= 0.3 is 5.97 Å². The number of carbonyl (C=O) groups is 1. The highest BCUT2D eigenvalue weighted by Gasteiger charge is 2.30. The van der Waals surface area contributed by atoms with Crippen LogP contribution in [-0.2, 0) is 4.79 Å². The van der Waals surface area contributed by atoms with E-state index in [1.165, 1.54) is 0 Å². The summed E-state index contributed by atoms with van der Waals surface area (Å²) in [6.07, 6.45) is 0. The van der Waals surface area contributed by atoms with Crippen LogP contribution in [0.5, 0.6) is 5.75 Å². The lowest BCUT2D eigenvalue weighted by Crippen LogP contribution is -2.49. The Labute approximate surface area is 147 Å². The number of methoxy groups -OCH3 is 1. The van der Waals surface area contributed by atoms with Crippen LogP contribution in [0, 0.1) is 6.92 Å². The Kier molecular flexibility index (Phi) is 5.19. The summed E-state index contributed by atoms with van der Waals surface area (Å²) in [5.41, 5.74) is 1.76. The molecule has 1 aromatic heterocycles. The second-order valence-corrected chi connectivity index (χ2v) is 6.17. The average molecular weight is 341 g/mol. The first-order valence-electron chi connectivity index (χ1n) is 8.38. The van der Waals surface area contributed by atoms with E-state index in [2.05, 4.69) is 9.88 Å². The molecule has 132 valence electrons. The molecule has 1 saturated heterocycles. The number of pyridine rings is 1. The van der Waals surface area contributed by atoms with E-state index in [0.29, 0.717) is 13.1 Å².